The van der Waals surface area contributed by atoms with Gasteiger partial charge in [-0.05, 0) is 75.8 Å². The number of hydrogen-bond acceptors (Lipinski definition) is 6. The van der Waals surface area contributed by atoms with Crippen molar-refractivity contribution in [2.24, 2.45) is 5.92 Å². The van der Waals surface area contributed by atoms with Gasteiger partial charge in [0.2, 0.25) is 5.91 Å². The monoisotopic (exact) mass is 516 g/mol. The van der Waals surface area contributed by atoms with Crippen molar-refractivity contribution < 1.29 is 9.18 Å². The predicted octanol–water partition coefficient (Wildman–Crippen LogP) is 5.21. The van der Waals surface area contributed by atoms with Crippen LogP contribution in [0.3, 0.4) is 0 Å². The largest absolute Gasteiger partial charge is 0.349 e. The summed E-state index contributed by atoms with van der Waals surface area (Å²) in [7, 11) is 0. The van der Waals surface area contributed by atoms with Crippen molar-refractivity contribution in [1.29, 1.82) is 0 Å². The summed E-state index contributed by atoms with van der Waals surface area (Å²) >= 11 is 0. The number of halogens is 1. The molecule has 0 spiro atoms. The zero-order chi connectivity index (χ0) is 26.9. The number of nitrogens with one attached hydrogen (secondary N) is 3. The maximum absolute atomic E-state index is 13.2. The Morgan fingerprint density at radius 3 is 2.58 bits per heavy atom. The van der Waals surface area contributed by atoms with Crippen LogP contribution in [-0.4, -0.2) is 35.9 Å². The molecule has 1 aliphatic carbocycles. The van der Waals surface area contributed by atoms with Crippen LogP contribution in [0.1, 0.15) is 68.1 Å². The van der Waals surface area contributed by atoms with Crippen molar-refractivity contribution in [2.75, 3.05) is 5.32 Å². The third-order valence-electron chi connectivity index (χ3n) is 7.43. The lowest BCUT2D eigenvalue weighted by Gasteiger charge is -2.37. The fourth-order valence-corrected chi connectivity index (χ4v) is 5.06. The zero-order valence-electron chi connectivity index (χ0n) is 22.1. The molecule has 0 saturated heterocycles. The molecule has 0 bridgehead atoms. The molecule has 1 amide bonds. The number of nitrogens with zero attached hydrogens (tertiary/aromatic N) is 5. The van der Waals surface area contributed by atoms with Gasteiger partial charge in [-0.3, -0.25) is 9.89 Å². The SMILES string of the molecule is Cc1cc(Nc2cc(C)[nH]n2)nc([C@]2(C)CC[C@@H](C(=O)N[C@@H](C)c3ccc(-n4cc(F)cn4)nc3)CC2)c1. The molecule has 4 aromatic rings. The van der Waals surface area contributed by atoms with Crippen LogP contribution in [0.25, 0.3) is 5.82 Å². The summed E-state index contributed by atoms with van der Waals surface area (Å²) in [6, 6.07) is 9.57. The highest BCUT2D eigenvalue weighted by Gasteiger charge is 2.36. The van der Waals surface area contributed by atoms with Crippen LogP contribution in [0.2, 0.25) is 0 Å². The van der Waals surface area contributed by atoms with Gasteiger partial charge in [-0.15, -0.1) is 0 Å². The number of carbonyl (C=O) groups excluding carboxylic acids is 1. The number of hydrogen-bond donors (Lipinski definition) is 3. The van der Waals surface area contributed by atoms with Crippen LogP contribution < -0.4 is 10.6 Å². The lowest BCUT2D eigenvalue weighted by Crippen LogP contribution is -2.38. The Balaban J connectivity index is 1.19. The van der Waals surface area contributed by atoms with Gasteiger partial charge in [-0.25, -0.2) is 19.0 Å². The Morgan fingerprint density at radius 1 is 1.16 bits per heavy atom. The summed E-state index contributed by atoms with van der Waals surface area (Å²) in [5, 5.41) is 17.6. The number of aromatic nitrogens is 6. The van der Waals surface area contributed by atoms with Gasteiger partial charge in [0.15, 0.2) is 17.5 Å². The molecule has 0 radical (unpaired) electrons. The number of carbonyl (C=O) groups is 1. The number of amides is 1. The molecule has 0 aliphatic heterocycles. The van der Waals surface area contributed by atoms with E-state index in [0.717, 1.165) is 66.0 Å². The van der Waals surface area contributed by atoms with Gasteiger partial charge >= 0.3 is 0 Å². The van der Waals surface area contributed by atoms with Crippen molar-refractivity contribution in [3.05, 3.63) is 77.3 Å². The molecule has 1 aliphatic rings. The second kappa shape index (κ2) is 10.4. The molecular weight excluding hydrogens is 483 g/mol. The number of pyridine rings is 2. The summed E-state index contributed by atoms with van der Waals surface area (Å²) in [5.74, 6) is 1.64. The number of aryl methyl sites for hydroxylation is 2. The average molecular weight is 517 g/mol. The molecule has 5 rings (SSSR count). The van der Waals surface area contributed by atoms with E-state index in [1.54, 1.807) is 12.3 Å². The van der Waals surface area contributed by atoms with Gasteiger partial charge in [-0.1, -0.05) is 13.0 Å². The average Bonchev–Trinajstić information content (AvgIpc) is 3.51. The molecule has 4 aromatic heterocycles. The Morgan fingerprint density at radius 2 is 1.95 bits per heavy atom. The molecular formula is C28H33FN8O. The third-order valence-corrected chi connectivity index (χ3v) is 7.43. The molecule has 1 saturated carbocycles. The predicted molar refractivity (Wildman–Crippen MR) is 143 cm³/mol. The minimum atomic E-state index is -0.417. The molecule has 38 heavy (non-hydrogen) atoms. The van der Waals surface area contributed by atoms with Gasteiger partial charge in [0.05, 0.1) is 18.4 Å². The first kappa shape index (κ1) is 25.6. The molecule has 1 fully saturated rings. The van der Waals surface area contributed by atoms with E-state index in [4.69, 9.17) is 4.98 Å². The first-order valence-corrected chi connectivity index (χ1v) is 12.9. The van der Waals surface area contributed by atoms with Gasteiger partial charge in [0.25, 0.3) is 0 Å². The maximum Gasteiger partial charge on any atom is 0.223 e. The smallest absolute Gasteiger partial charge is 0.223 e. The van der Waals surface area contributed by atoms with Crippen molar-refractivity contribution in [2.45, 2.75) is 64.8 Å². The van der Waals surface area contributed by atoms with Crippen molar-refractivity contribution >= 4 is 17.5 Å². The maximum atomic E-state index is 13.2. The highest BCUT2D eigenvalue weighted by atomic mass is 19.1. The molecule has 0 unspecified atom stereocenters. The van der Waals surface area contributed by atoms with Gasteiger partial charge in [-0.2, -0.15) is 10.2 Å². The second-order valence-electron chi connectivity index (χ2n) is 10.6. The van der Waals surface area contributed by atoms with Crippen molar-refractivity contribution in [3.8, 4) is 5.82 Å². The van der Waals surface area contributed by atoms with E-state index < -0.39 is 5.82 Å². The van der Waals surface area contributed by atoms with Crippen LogP contribution >= 0.6 is 0 Å². The minimum Gasteiger partial charge on any atom is -0.349 e. The lowest BCUT2D eigenvalue weighted by atomic mass is 9.69. The second-order valence-corrected chi connectivity index (χ2v) is 10.6. The number of H-pyrrole nitrogens is 1. The molecule has 198 valence electrons. The summed E-state index contributed by atoms with van der Waals surface area (Å²) in [6.07, 6.45) is 7.47. The van der Waals surface area contributed by atoms with E-state index in [1.807, 2.05) is 32.0 Å². The quantitative estimate of drug-likeness (QED) is 0.311. The Bertz CT molecular complexity index is 1420. The van der Waals surface area contributed by atoms with E-state index in [2.05, 4.69) is 50.8 Å². The van der Waals surface area contributed by atoms with E-state index >= 15 is 0 Å². The first-order chi connectivity index (χ1) is 18.2. The van der Waals surface area contributed by atoms with Crippen LogP contribution in [-0.2, 0) is 10.2 Å². The van der Waals surface area contributed by atoms with Crippen molar-refractivity contribution in [3.63, 3.8) is 0 Å². The van der Waals surface area contributed by atoms with E-state index in [1.165, 1.54) is 10.9 Å². The van der Waals surface area contributed by atoms with Crippen molar-refractivity contribution in [1.82, 2.24) is 35.3 Å². The highest BCUT2D eigenvalue weighted by molar-refractivity contribution is 5.79. The molecule has 9 nitrogen and oxygen atoms in total. The normalized spacial score (nSPS) is 20.2. The number of rotatable bonds is 7. The van der Waals surface area contributed by atoms with Crippen LogP contribution in [0.4, 0.5) is 16.0 Å². The molecule has 0 aromatic carbocycles. The van der Waals surface area contributed by atoms with Gasteiger partial charge in [0, 0.05) is 35.0 Å². The van der Waals surface area contributed by atoms with E-state index in [-0.39, 0.29) is 23.3 Å². The standard InChI is InChI=1S/C28H33FN8O/c1-17-11-23(33-24(12-17)34-25-13-18(2)35-36-25)28(4)9-7-20(8-10-28)27(38)32-19(3)21-5-6-26(30-14-21)37-16-22(29)15-31-37/h5-6,11-16,19-20H,7-10H2,1-4H3,(H,32,38)(H2,33,34,35,36)/t19-,20-,28-/m0/s1. The molecule has 4 heterocycles. The summed E-state index contributed by atoms with van der Waals surface area (Å²) in [6.45, 7) is 8.22. The third kappa shape index (κ3) is 5.58. The minimum absolute atomic E-state index is 0.0424. The van der Waals surface area contributed by atoms with E-state index in [9.17, 15) is 9.18 Å². The summed E-state index contributed by atoms with van der Waals surface area (Å²) < 4.78 is 14.6. The fraction of sp³-hybridized carbons (Fsp3) is 0.393. The molecule has 1 atom stereocenters. The molecule has 10 heteroatoms. The summed E-state index contributed by atoms with van der Waals surface area (Å²) in [4.78, 5) is 22.4. The summed E-state index contributed by atoms with van der Waals surface area (Å²) in [5.41, 5.74) is 3.95. The topological polar surface area (TPSA) is 113 Å². The van der Waals surface area contributed by atoms with Gasteiger partial charge < -0.3 is 10.6 Å². The number of anilines is 2. The Hall–Kier alpha value is -4.08. The van der Waals surface area contributed by atoms with Crippen LogP contribution in [0.15, 0.2) is 48.9 Å². The highest BCUT2D eigenvalue weighted by Crippen LogP contribution is 2.41. The van der Waals surface area contributed by atoms with Crippen LogP contribution in [0, 0.1) is 25.6 Å². The number of aromatic amines is 1. The fourth-order valence-electron chi connectivity index (χ4n) is 5.06. The zero-order valence-corrected chi connectivity index (χ0v) is 22.1. The van der Waals surface area contributed by atoms with Crippen LogP contribution in [0.5, 0.6) is 0 Å². The Labute approximate surface area is 221 Å². The lowest BCUT2D eigenvalue weighted by molar-refractivity contribution is -0.127. The van der Waals surface area contributed by atoms with Gasteiger partial charge in [0.1, 0.15) is 5.82 Å². The first-order valence-electron chi connectivity index (χ1n) is 12.9. The Kier molecular flexibility index (Phi) is 6.96. The molecule has 3 N–H and O–H groups in total. The van der Waals surface area contributed by atoms with E-state index in [0.29, 0.717) is 5.82 Å².